The summed E-state index contributed by atoms with van der Waals surface area (Å²) < 4.78 is 54.6. The van der Waals surface area contributed by atoms with Gasteiger partial charge in [0.2, 0.25) is 15.9 Å². The Kier molecular flexibility index (Phi) is 8.30. The summed E-state index contributed by atoms with van der Waals surface area (Å²) in [5.74, 6) is -2.32. The lowest BCUT2D eigenvalue weighted by atomic mass is 10.2. The Morgan fingerprint density at radius 2 is 1.86 bits per heavy atom. The Bertz CT molecular complexity index is 1010. The van der Waals surface area contributed by atoms with Crippen LogP contribution in [0.3, 0.4) is 0 Å². The van der Waals surface area contributed by atoms with Crippen LogP contribution in [0, 0.1) is 11.6 Å². The lowest BCUT2D eigenvalue weighted by molar-refractivity contribution is -0.119. The number of sulfonamides is 1. The first-order valence-electron chi connectivity index (χ1n) is 8.25. The molecule has 0 aliphatic carbocycles. The van der Waals surface area contributed by atoms with Crippen molar-refractivity contribution in [2.45, 2.75) is 17.4 Å². The van der Waals surface area contributed by atoms with Gasteiger partial charge in [-0.25, -0.2) is 17.2 Å². The highest BCUT2D eigenvalue weighted by atomic mass is 35.5. The molecule has 2 rings (SSSR count). The number of nitrogens with zero attached hydrogens (tertiary/aromatic N) is 1. The molecule has 0 saturated carbocycles. The number of nitrogens with one attached hydrogen (secondary N) is 1. The van der Waals surface area contributed by atoms with E-state index in [0.29, 0.717) is 5.75 Å². The first-order chi connectivity index (χ1) is 13.6. The fraction of sp³-hybridized carbons (Fsp3) is 0.278. The molecule has 0 spiro atoms. The predicted molar refractivity (Wildman–Crippen MR) is 113 cm³/mol. The van der Waals surface area contributed by atoms with Gasteiger partial charge < -0.3 is 4.90 Å². The molecule has 1 unspecified atom stereocenters. The fourth-order valence-electron chi connectivity index (χ4n) is 2.46. The number of hydrogen-bond acceptors (Lipinski definition) is 4. The van der Waals surface area contributed by atoms with E-state index < -0.39 is 33.6 Å². The van der Waals surface area contributed by atoms with Crippen molar-refractivity contribution in [1.29, 1.82) is 0 Å². The number of carbonyl (C=O) groups excluding carboxylic acids is 1. The van der Waals surface area contributed by atoms with E-state index in [4.69, 9.17) is 23.2 Å². The number of likely N-dealkylation sites (N-methyl/N-ethyl adjacent to an activating group) is 1. The van der Waals surface area contributed by atoms with Gasteiger partial charge in [-0.3, -0.25) is 4.79 Å². The SMILES string of the molecule is CSCCC(NS(=O)(=O)c1cc(Cl)ccc1Cl)C(=O)N(C)c1ccc(F)c(F)c1. The molecule has 0 aliphatic rings. The predicted octanol–water partition coefficient (Wildman–Crippen LogP) is 4.33. The number of thioether (sulfide) groups is 1. The maximum atomic E-state index is 13.5. The van der Waals surface area contributed by atoms with Crippen LogP contribution in [0.15, 0.2) is 41.3 Å². The van der Waals surface area contributed by atoms with Crippen LogP contribution in [0.2, 0.25) is 10.0 Å². The quantitative estimate of drug-likeness (QED) is 0.607. The topological polar surface area (TPSA) is 66.5 Å². The Balaban J connectivity index is 2.33. The van der Waals surface area contributed by atoms with E-state index in [1.807, 2.05) is 6.26 Å². The third kappa shape index (κ3) is 6.05. The third-order valence-electron chi connectivity index (χ3n) is 4.01. The van der Waals surface area contributed by atoms with Crippen LogP contribution < -0.4 is 9.62 Å². The zero-order valence-electron chi connectivity index (χ0n) is 15.5. The van der Waals surface area contributed by atoms with Gasteiger partial charge >= 0.3 is 0 Å². The summed E-state index contributed by atoms with van der Waals surface area (Å²) >= 11 is 13.3. The van der Waals surface area contributed by atoms with Gasteiger partial charge in [-0.2, -0.15) is 16.5 Å². The second kappa shape index (κ2) is 10.1. The minimum absolute atomic E-state index is 0.0491. The molecular weight excluding hydrogens is 465 g/mol. The van der Waals surface area contributed by atoms with Gasteiger partial charge in [-0.15, -0.1) is 0 Å². The number of hydrogen-bond donors (Lipinski definition) is 1. The number of amides is 1. The summed E-state index contributed by atoms with van der Waals surface area (Å²) in [5, 5.41) is 0.118. The average molecular weight is 483 g/mol. The lowest BCUT2D eigenvalue weighted by Crippen LogP contribution is -2.47. The summed E-state index contributed by atoms with van der Waals surface area (Å²) in [4.78, 5) is 13.7. The molecule has 0 aliphatic heterocycles. The van der Waals surface area contributed by atoms with Crippen LogP contribution >= 0.6 is 35.0 Å². The van der Waals surface area contributed by atoms with Crippen LogP contribution in [-0.2, 0) is 14.8 Å². The molecule has 29 heavy (non-hydrogen) atoms. The Morgan fingerprint density at radius 3 is 2.48 bits per heavy atom. The standard InChI is InChI=1S/C18H18Cl2F2N2O3S2/c1-24(12-4-6-14(21)15(22)10-12)18(25)16(7-8-28-2)23-29(26,27)17-9-11(19)3-5-13(17)20/h3-6,9-10,16,23H,7-8H2,1-2H3. The molecular formula is C18H18Cl2F2N2O3S2. The van der Waals surface area contributed by atoms with Crippen LogP contribution in [-0.4, -0.2) is 39.4 Å². The van der Waals surface area contributed by atoms with Crippen LogP contribution in [0.5, 0.6) is 0 Å². The van der Waals surface area contributed by atoms with E-state index in [-0.39, 0.29) is 27.0 Å². The van der Waals surface area contributed by atoms with E-state index in [1.165, 1.54) is 43.1 Å². The molecule has 0 fully saturated rings. The van der Waals surface area contributed by atoms with Crippen molar-refractivity contribution < 1.29 is 22.0 Å². The number of rotatable bonds is 8. The summed E-state index contributed by atoms with van der Waals surface area (Å²) in [7, 11) is -2.83. The van der Waals surface area contributed by atoms with Gasteiger partial charge in [-0.1, -0.05) is 23.2 Å². The average Bonchev–Trinajstić information content (AvgIpc) is 2.67. The minimum atomic E-state index is -4.18. The molecule has 1 amide bonds. The van der Waals surface area contributed by atoms with Gasteiger partial charge in [0.15, 0.2) is 11.6 Å². The maximum Gasteiger partial charge on any atom is 0.244 e. The highest BCUT2D eigenvalue weighted by molar-refractivity contribution is 7.98. The van der Waals surface area contributed by atoms with E-state index in [1.54, 1.807) is 0 Å². The third-order valence-corrected chi connectivity index (χ3v) is 6.84. The summed E-state index contributed by atoms with van der Waals surface area (Å²) in [6.45, 7) is 0. The highest BCUT2D eigenvalue weighted by Crippen LogP contribution is 2.26. The van der Waals surface area contributed by atoms with Gasteiger partial charge in [-0.05, 0) is 48.8 Å². The number of carbonyl (C=O) groups is 1. The molecule has 1 N–H and O–H groups in total. The number of anilines is 1. The van der Waals surface area contributed by atoms with E-state index in [2.05, 4.69) is 4.72 Å². The first kappa shape index (κ1) is 23.9. The van der Waals surface area contributed by atoms with Crippen molar-refractivity contribution in [3.8, 4) is 0 Å². The molecule has 11 heteroatoms. The molecule has 0 saturated heterocycles. The summed E-state index contributed by atoms with van der Waals surface area (Å²) in [5.41, 5.74) is 0.0861. The molecule has 0 heterocycles. The van der Waals surface area contributed by atoms with Crippen molar-refractivity contribution in [3.05, 3.63) is 58.1 Å². The van der Waals surface area contributed by atoms with E-state index >= 15 is 0 Å². The molecule has 1 atom stereocenters. The minimum Gasteiger partial charge on any atom is -0.314 e. The van der Waals surface area contributed by atoms with Gasteiger partial charge in [0.05, 0.1) is 5.02 Å². The van der Waals surface area contributed by atoms with E-state index in [9.17, 15) is 22.0 Å². The second-order valence-corrected chi connectivity index (χ2v) is 9.54. The molecule has 2 aromatic carbocycles. The summed E-state index contributed by atoms with van der Waals surface area (Å²) in [6, 6.07) is 5.79. The molecule has 0 radical (unpaired) electrons. The van der Waals surface area contributed by atoms with Gasteiger partial charge in [0.1, 0.15) is 10.9 Å². The number of benzene rings is 2. The van der Waals surface area contributed by atoms with Crippen molar-refractivity contribution in [3.63, 3.8) is 0 Å². The maximum absolute atomic E-state index is 13.5. The van der Waals surface area contributed by atoms with Crippen LogP contribution in [0.1, 0.15) is 6.42 Å². The molecule has 0 bridgehead atoms. The smallest absolute Gasteiger partial charge is 0.244 e. The molecule has 5 nitrogen and oxygen atoms in total. The second-order valence-electron chi connectivity index (χ2n) is 6.03. The number of halogens is 4. The zero-order valence-corrected chi connectivity index (χ0v) is 18.6. The molecule has 2 aromatic rings. The van der Waals surface area contributed by atoms with Crippen LogP contribution in [0.4, 0.5) is 14.5 Å². The zero-order chi connectivity index (χ0) is 21.8. The Labute approximate surface area is 182 Å². The van der Waals surface area contributed by atoms with Crippen molar-refractivity contribution in [2.24, 2.45) is 0 Å². The largest absolute Gasteiger partial charge is 0.314 e. The molecule has 0 aromatic heterocycles. The van der Waals surface area contributed by atoms with Crippen molar-refractivity contribution >= 4 is 56.6 Å². The Morgan fingerprint density at radius 1 is 1.17 bits per heavy atom. The van der Waals surface area contributed by atoms with Crippen LogP contribution in [0.25, 0.3) is 0 Å². The van der Waals surface area contributed by atoms with Gasteiger partial charge in [0, 0.05) is 23.8 Å². The van der Waals surface area contributed by atoms with Crippen molar-refractivity contribution in [1.82, 2.24) is 4.72 Å². The fourth-order valence-corrected chi connectivity index (χ4v) is 4.91. The normalized spacial score (nSPS) is 12.6. The van der Waals surface area contributed by atoms with Crippen molar-refractivity contribution in [2.75, 3.05) is 24.0 Å². The highest BCUT2D eigenvalue weighted by Gasteiger charge is 2.29. The lowest BCUT2D eigenvalue weighted by Gasteiger charge is -2.25. The molecule has 158 valence electrons. The Hall–Kier alpha value is -1.39. The van der Waals surface area contributed by atoms with E-state index in [0.717, 1.165) is 17.0 Å². The monoisotopic (exact) mass is 482 g/mol. The van der Waals surface area contributed by atoms with Gasteiger partial charge in [0.25, 0.3) is 0 Å². The summed E-state index contributed by atoms with van der Waals surface area (Å²) in [6.07, 6.45) is 1.98. The first-order valence-corrected chi connectivity index (χ1v) is 11.9.